The number of aromatic nitrogens is 1. The van der Waals surface area contributed by atoms with Gasteiger partial charge in [-0.05, 0) is 62.1 Å². The molecule has 3 aliphatic heterocycles. The average Bonchev–Trinajstić information content (AvgIpc) is 3.44. The molecule has 2 aromatic rings. The Kier molecular flexibility index (Phi) is 6.16. The SMILES string of the molecule is C[C@H]1CN([C@]2(C)COC[C@@H]2O)CCN1c1cc2cc(NC(=O)[C@@H]3CC34CCOCC4)ncc2cc1Cl. The van der Waals surface area contributed by atoms with Gasteiger partial charge in [0.05, 0.1) is 35.6 Å². The molecule has 1 aliphatic carbocycles. The number of carbonyl (C=O) groups is 1. The molecular weight excluding hydrogens is 480 g/mol. The molecule has 4 heterocycles. The van der Waals surface area contributed by atoms with E-state index in [0.717, 1.165) is 68.6 Å². The fourth-order valence-electron chi connectivity index (χ4n) is 6.44. The Balaban J connectivity index is 1.18. The molecule has 4 fully saturated rings. The van der Waals surface area contributed by atoms with Gasteiger partial charge >= 0.3 is 0 Å². The molecule has 0 bridgehead atoms. The van der Waals surface area contributed by atoms with Crippen LogP contribution in [0.4, 0.5) is 11.5 Å². The number of aliphatic hydroxyl groups excluding tert-OH is 1. The second-order valence-electron chi connectivity index (χ2n) is 11.3. The first-order valence-corrected chi connectivity index (χ1v) is 13.4. The molecular formula is C27H35ClN4O4. The predicted octanol–water partition coefficient (Wildman–Crippen LogP) is 3.30. The largest absolute Gasteiger partial charge is 0.389 e. The van der Waals surface area contributed by atoms with Crippen molar-refractivity contribution in [1.82, 2.24) is 9.88 Å². The Morgan fingerprint density at radius 3 is 2.72 bits per heavy atom. The summed E-state index contributed by atoms with van der Waals surface area (Å²) in [6.07, 6.45) is 4.19. The third-order valence-corrected chi connectivity index (χ3v) is 9.38. The van der Waals surface area contributed by atoms with E-state index in [9.17, 15) is 9.90 Å². The van der Waals surface area contributed by atoms with Crippen molar-refractivity contribution in [2.24, 2.45) is 11.3 Å². The van der Waals surface area contributed by atoms with Crippen LogP contribution >= 0.6 is 11.6 Å². The van der Waals surface area contributed by atoms with E-state index in [1.54, 1.807) is 6.20 Å². The maximum Gasteiger partial charge on any atom is 0.229 e. The van der Waals surface area contributed by atoms with E-state index in [4.69, 9.17) is 21.1 Å². The van der Waals surface area contributed by atoms with E-state index in [-0.39, 0.29) is 28.8 Å². The molecule has 36 heavy (non-hydrogen) atoms. The number of nitrogens with zero attached hydrogens (tertiary/aromatic N) is 3. The van der Waals surface area contributed by atoms with Crippen LogP contribution in [0.2, 0.25) is 5.02 Å². The molecule has 1 spiro atoms. The molecule has 8 nitrogen and oxygen atoms in total. The summed E-state index contributed by atoms with van der Waals surface area (Å²) in [4.78, 5) is 22.1. The van der Waals surface area contributed by atoms with Crippen molar-refractivity contribution in [3.63, 3.8) is 0 Å². The van der Waals surface area contributed by atoms with E-state index >= 15 is 0 Å². The lowest BCUT2D eigenvalue weighted by atomic mass is 9.93. The first-order valence-electron chi connectivity index (χ1n) is 13.0. The number of hydrogen-bond acceptors (Lipinski definition) is 7. The topological polar surface area (TPSA) is 87.2 Å². The summed E-state index contributed by atoms with van der Waals surface area (Å²) in [6, 6.07) is 6.22. The van der Waals surface area contributed by atoms with Crippen LogP contribution in [0.15, 0.2) is 24.4 Å². The normalized spacial score (nSPS) is 32.2. The molecule has 4 atom stereocenters. The van der Waals surface area contributed by atoms with E-state index < -0.39 is 6.10 Å². The maximum atomic E-state index is 12.9. The number of halogens is 1. The summed E-state index contributed by atoms with van der Waals surface area (Å²) in [5.41, 5.74) is 0.768. The van der Waals surface area contributed by atoms with E-state index in [0.29, 0.717) is 24.1 Å². The Labute approximate surface area is 216 Å². The standard InChI is InChI=1S/C27H35ClN4O4/c1-17-14-31(26(2)16-36-15-23(26)33)5-6-32(17)22-10-18-11-24(29-13-19(18)9-21(22)28)30-25(34)20-12-27(20)3-7-35-8-4-27/h9-11,13,17,20,23,33H,3-8,12,14-16H2,1-2H3,(H,29,30,34)/t17-,20-,23-,26+/m0/s1. The van der Waals surface area contributed by atoms with Crippen LogP contribution < -0.4 is 10.2 Å². The zero-order chi connectivity index (χ0) is 25.1. The van der Waals surface area contributed by atoms with E-state index in [1.807, 2.05) is 12.1 Å². The number of benzene rings is 1. The van der Waals surface area contributed by atoms with Gasteiger partial charge in [0.25, 0.3) is 0 Å². The van der Waals surface area contributed by atoms with Gasteiger partial charge in [0.1, 0.15) is 5.82 Å². The van der Waals surface area contributed by atoms with Gasteiger partial charge in [0.15, 0.2) is 0 Å². The van der Waals surface area contributed by atoms with Crippen LogP contribution in [0.5, 0.6) is 0 Å². The van der Waals surface area contributed by atoms with Gasteiger partial charge in [-0.2, -0.15) is 0 Å². The average molecular weight is 515 g/mol. The lowest BCUT2D eigenvalue weighted by Crippen LogP contribution is -2.63. The minimum atomic E-state index is -0.474. The first kappa shape index (κ1) is 24.4. The number of amides is 1. The molecule has 3 saturated heterocycles. The number of rotatable bonds is 4. The number of pyridine rings is 1. The second kappa shape index (κ2) is 9.10. The molecule has 0 radical (unpaired) electrons. The van der Waals surface area contributed by atoms with E-state index in [1.165, 1.54) is 0 Å². The third kappa shape index (κ3) is 4.17. The molecule has 9 heteroatoms. The second-order valence-corrected chi connectivity index (χ2v) is 11.7. The fraction of sp³-hybridized carbons (Fsp3) is 0.630. The monoisotopic (exact) mass is 514 g/mol. The lowest BCUT2D eigenvalue weighted by Gasteiger charge is -2.48. The number of hydrogen-bond donors (Lipinski definition) is 2. The highest BCUT2D eigenvalue weighted by atomic mass is 35.5. The Morgan fingerprint density at radius 1 is 1.19 bits per heavy atom. The van der Waals surface area contributed by atoms with Crippen molar-refractivity contribution < 1.29 is 19.4 Å². The minimum absolute atomic E-state index is 0.0578. The van der Waals surface area contributed by atoms with Crippen LogP contribution in [-0.2, 0) is 14.3 Å². The lowest BCUT2D eigenvalue weighted by molar-refractivity contribution is -0.118. The van der Waals surface area contributed by atoms with Crippen LogP contribution in [0, 0.1) is 11.3 Å². The molecule has 1 aromatic heterocycles. The van der Waals surface area contributed by atoms with Crippen molar-refractivity contribution in [3.8, 4) is 0 Å². The van der Waals surface area contributed by atoms with Crippen molar-refractivity contribution in [3.05, 3.63) is 29.4 Å². The highest BCUT2D eigenvalue weighted by molar-refractivity contribution is 6.34. The number of nitrogens with one attached hydrogen (secondary N) is 1. The van der Waals surface area contributed by atoms with Crippen LogP contribution in [0.25, 0.3) is 10.8 Å². The number of piperazine rings is 1. The molecule has 1 aromatic carbocycles. The Bertz CT molecular complexity index is 1170. The minimum Gasteiger partial charge on any atom is -0.389 e. The van der Waals surface area contributed by atoms with E-state index in [2.05, 4.69) is 40.0 Å². The van der Waals surface area contributed by atoms with Crippen molar-refractivity contribution >= 4 is 39.8 Å². The van der Waals surface area contributed by atoms with Crippen molar-refractivity contribution in [2.45, 2.75) is 50.8 Å². The number of carbonyl (C=O) groups excluding carboxylic acids is 1. The van der Waals surface area contributed by atoms with Gasteiger partial charge in [-0.25, -0.2) is 4.98 Å². The quantitative estimate of drug-likeness (QED) is 0.647. The van der Waals surface area contributed by atoms with Crippen LogP contribution in [-0.4, -0.2) is 84.6 Å². The van der Waals surface area contributed by atoms with Crippen LogP contribution in [0.1, 0.15) is 33.1 Å². The number of fused-ring (bicyclic) bond motifs is 1. The Morgan fingerprint density at radius 2 is 2.00 bits per heavy atom. The number of anilines is 2. The van der Waals surface area contributed by atoms with Crippen molar-refractivity contribution in [2.75, 3.05) is 56.3 Å². The third-order valence-electron chi connectivity index (χ3n) is 9.08. The van der Waals surface area contributed by atoms with Crippen molar-refractivity contribution in [1.29, 1.82) is 0 Å². The number of ether oxygens (including phenoxy) is 2. The summed E-state index contributed by atoms with van der Waals surface area (Å²) in [5.74, 6) is 0.701. The van der Waals surface area contributed by atoms with Gasteiger partial charge in [0.2, 0.25) is 5.91 Å². The molecule has 2 N–H and O–H groups in total. The van der Waals surface area contributed by atoms with Gasteiger partial charge in [-0.3, -0.25) is 9.69 Å². The zero-order valence-corrected chi connectivity index (χ0v) is 21.8. The van der Waals surface area contributed by atoms with Gasteiger partial charge < -0.3 is 24.8 Å². The molecule has 4 aliphatic rings. The highest BCUT2D eigenvalue weighted by Crippen LogP contribution is 2.59. The van der Waals surface area contributed by atoms with Crippen LogP contribution in [0.3, 0.4) is 0 Å². The molecule has 1 saturated carbocycles. The molecule has 6 rings (SSSR count). The molecule has 1 amide bonds. The summed E-state index contributed by atoms with van der Waals surface area (Å²) < 4.78 is 11.0. The zero-order valence-electron chi connectivity index (χ0n) is 21.0. The summed E-state index contributed by atoms with van der Waals surface area (Å²) in [6.45, 7) is 9.17. The highest BCUT2D eigenvalue weighted by Gasteiger charge is 2.58. The predicted molar refractivity (Wildman–Crippen MR) is 140 cm³/mol. The summed E-state index contributed by atoms with van der Waals surface area (Å²) in [7, 11) is 0. The maximum absolute atomic E-state index is 12.9. The smallest absolute Gasteiger partial charge is 0.229 e. The number of aliphatic hydroxyl groups is 1. The van der Waals surface area contributed by atoms with Gasteiger partial charge in [-0.1, -0.05) is 11.6 Å². The molecule has 194 valence electrons. The summed E-state index contributed by atoms with van der Waals surface area (Å²) in [5, 5.41) is 16.2. The Hall–Kier alpha value is -1.97. The molecule has 0 unspecified atom stereocenters. The van der Waals surface area contributed by atoms with Gasteiger partial charge in [0, 0.05) is 56.4 Å². The first-order chi connectivity index (χ1) is 17.3. The van der Waals surface area contributed by atoms with Gasteiger partial charge in [-0.15, -0.1) is 0 Å². The fourth-order valence-corrected chi connectivity index (χ4v) is 6.72. The summed E-state index contributed by atoms with van der Waals surface area (Å²) >= 11 is 6.75.